The van der Waals surface area contributed by atoms with Crippen LogP contribution in [-0.2, 0) is 5.54 Å². The van der Waals surface area contributed by atoms with Crippen LogP contribution in [0, 0.1) is 6.92 Å². The zero-order chi connectivity index (χ0) is 10.1. The molecule has 0 bridgehead atoms. The average Bonchev–Trinajstić information content (AvgIpc) is 2.03. The molecular weight excluding hydrogens is 162 g/mol. The fraction of sp³-hybridized carbons (Fsp3) is 0.455. The van der Waals surface area contributed by atoms with Crippen LogP contribution in [0.15, 0.2) is 18.2 Å². The molecule has 2 N–H and O–H groups in total. The second-order valence-electron chi connectivity index (χ2n) is 3.93. The maximum atomic E-state index is 6.02. The van der Waals surface area contributed by atoms with Crippen molar-refractivity contribution in [1.29, 1.82) is 0 Å². The van der Waals surface area contributed by atoms with Gasteiger partial charge < -0.3 is 10.5 Å². The lowest BCUT2D eigenvalue weighted by molar-refractivity contribution is 0.394. The van der Waals surface area contributed by atoms with E-state index in [1.807, 2.05) is 26.0 Å². The molecule has 0 amide bonds. The molecular formula is C11H17NO. The van der Waals surface area contributed by atoms with Gasteiger partial charge in [0.25, 0.3) is 0 Å². The first kappa shape index (κ1) is 10.1. The van der Waals surface area contributed by atoms with Crippen molar-refractivity contribution in [3.8, 4) is 5.75 Å². The summed E-state index contributed by atoms with van der Waals surface area (Å²) in [6.07, 6.45) is 0. The largest absolute Gasteiger partial charge is 0.496 e. The van der Waals surface area contributed by atoms with Crippen molar-refractivity contribution in [2.45, 2.75) is 26.3 Å². The number of methoxy groups -OCH3 is 1. The van der Waals surface area contributed by atoms with Gasteiger partial charge in [-0.15, -0.1) is 0 Å². The van der Waals surface area contributed by atoms with Crippen LogP contribution in [0.1, 0.15) is 25.0 Å². The number of ether oxygens (including phenoxy) is 1. The Morgan fingerprint density at radius 2 is 1.92 bits per heavy atom. The summed E-state index contributed by atoms with van der Waals surface area (Å²) >= 11 is 0. The molecule has 0 saturated carbocycles. The molecule has 0 aliphatic heterocycles. The van der Waals surface area contributed by atoms with Gasteiger partial charge in [-0.2, -0.15) is 0 Å². The Hall–Kier alpha value is -1.02. The molecule has 2 nitrogen and oxygen atoms in total. The third-order valence-corrected chi connectivity index (χ3v) is 2.05. The zero-order valence-corrected chi connectivity index (χ0v) is 8.72. The lowest BCUT2D eigenvalue weighted by atomic mass is 9.93. The summed E-state index contributed by atoms with van der Waals surface area (Å²) in [5.74, 6) is 0.859. The number of hydrogen-bond donors (Lipinski definition) is 1. The first-order valence-electron chi connectivity index (χ1n) is 4.39. The van der Waals surface area contributed by atoms with Gasteiger partial charge in [0, 0.05) is 11.1 Å². The van der Waals surface area contributed by atoms with Gasteiger partial charge in [-0.05, 0) is 26.8 Å². The number of hydrogen-bond acceptors (Lipinski definition) is 2. The van der Waals surface area contributed by atoms with E-state index < -0.39 is 0 Å². The highest BCUT2D eigenvalue weighted by molar-refractivity contribution is 5.40. The Bertz CT molecular complexity index is 299. The molecule has 0 radical (unpaired) electrons. The SMILES string of the molecule is COc1ccc(C)cc1C(C)(C)N. The van der Waals surface area contributed by atoms with Crippen LogP contribution in [0.4, 0.5) is 0 Å². The van der Waals surface area contributed by atoms with E-state index in [1.54, 1.807) is 7.11 Å². The van der Waals surface area contributed by atoms with Crippen molar-refractivity contribution >= 4 is 0 Å². The minimum atomic E-state index is -0.350. The van der Waals surface area contributed by atoms with Gasteiger partial charge in [-0.3, -0.25) is 0 Å². The van der Waals surface area contributed by atoms with Gasteiger partial charge in [-0.1, -0.05) is 17.7 Å². The van der Waals surface area contributed by atoms with Crippen molar-refractivity contribution in [2.75, 3.05) is 7.11 Å². The van der Waals surface area contributed by atoms with Crippen molar-refractivity contribution in [3.05, 3.63) is 29.3 Å². The molecule has 0 saturated heterocycles. The van der Waals surface area contributed by atoms with E-state index in [-0.39, 0.29) is 5.54 Å². The van der Waals surface area contributed by atoms with Gasteiger partial charge in [0.15, 0.2) is 0 Å². The van der Waals surface area contributed by atoms with Crippen LogP contribution >= 0.6 is 0 Å². The Kier molecular flexibility index (Phi) is 2.62. The molecule has 1 aromatic carbocycles. The highest BCUT2D eigenvalue weighted by Crippen LogP contribution is 2.28. The summed E-state index contributed by atoms with van der Waals surface area (Å²) in [7, 11) is 1.67. The maximum absolute atomic E-state index is 6.02. The third-order valence-electron chi connectivity index (χ3n) is 2.05. The minimum Gasteiger partial charge on any atom is -0.496 e. The first-order chi connectivity index (χ1) is 5.95. The Morgan fingerprint density at radius 1 is 1.31 bits per heavy atom. The van der Waals surface area contributed by atoms with Gasteiger partial charge in [0.05, 0.1) is 7.11 Å². The van der Waals surface area contributed by atoms with E-state index in [9.17, 15) is 0 Å². The molecule has 0 fully saturated rings. The summed E-state index contributed by atoms with van der Waals surface area (Å²) in [5, 5.41) is 0. The number of rotatable bonds is 2. The Labute approximate surface area is 79.7 Å². The molecule has 0 aliphatic carbocycles. The summed E-state index contributed by atoms with van der Waals surface area (Å²) in [6, 6.07) is 6.05. The van der Waals surface area contributed by atoms with Gasteiger partial charge >= 0.3 is 0 Å². The molecule has 1 aromatic rings. The predicted octanol–water partition coefficient (Wildman–Crippen LogP) is 2.20. The Balaban J connectivity index is 3.24. The molecule has 0 spiro atoms. The second-order valence-corrected chi connectivity index (χ2v) is 3.93. The fourth-order valence-corrected chi connectivity index (χ4v) is 1.33. The van der Waals surface area contributed by atoms with Crippen LogP contribution in [0.2, 0.25) is 0 Å². The molecule has 0 atom stereocenters. The van der Waals surface area contributed by atoms with Crippen LogP contribution in [0.5, 0.6) is 5.75 Å². The van der Waals surface area contributed by atoms with Crippen molar-refractivity contribution in [2.24, 2.45) is 5.73 Å². The number of benzene rings is 1. The standard InChI is InChI=1S/C11H17NO/c1-8-5-6-10(13-4)9(7-8)11(2,3)12/h5-7H,12H2,1-4H3. The van der Waals surface area contributed by atoms with E-state index in [2.05, 4.69) is 13.0 Å². The Morgan fingerprint density at radius 3 is 2.38 bits per heavy atom. The van der Waals surface area contributed by atoms with Gasteiger partial charge in [0.2, 0.25) is 0 Å². The summed E-state index contributed by atoms with van der Waals surface area (Å²) in [6.45, 7) is 6.00. The highest BCUT2D eigenvalue weighted by Gasteiger charge is 2.18. The zero-order valence-electron chi connectivity index (χ0n) is 8.72. The topological polar surface area (TPSA) is 35.2 Å². The smallest absolute Gasteiger partial charge is 0.123 e. The van der Waals surface area contributed by atoms with Gasteiger partial charge in [0.1, 0.15) is 5.75 Å². The van der Waals surface area contributed by atoms with E-state index in [0.29, 0.717) is 0 Å². The van der Waals surface area contributed by atoms with Crippen molar-refractivity contribution < 1.29 is 4.74 Å². The minimum absolute atomic E-state index is 0.350. The molecule has 0 heterocycles. The number of aryl methyl sites for hydroxylation is 1. The lowest BCUT2D eigenvalue weighted by Crippen LogP contribution is -2.29. The molecule has 13 heavy (non-hydrogen) atoms. The third kappa shape index (κ3) is 2.22. The molecule has 0 aromatic heterocycles. The first-order valence-corrected chi connectivity index (χ1v) is 4.39. The average molecular weight is 179 g/mol. The maximum Gasteiger partial charge on any atom is 0.123 e. The van der Waals surface area contributed by atoms with E-state index in [0.717, 1.165) is 11.3 Å². The monoisotopic (exact) mass is 179 g/mol. The lowest BCUT2D eigenvalue weighted by Gasteiger charge is -2.22. The highest BCUT2D eigenvalue weighted by atomic mass is 16.5. The molecule has 0 aliphatic rings. The normalized spacial score (nSPS) is 11.5. The fourth-order valence-electron chi connectivity index (χ4n) is 1.33. The van der Waals surface area contributed by atoms with E-state index in [1.165, 1.54) is 5.56 Å². The summed E-state index contributed by atoms with van der Waals surface area (Å²) in [4.78, 5) is 0. The van der Waals surface area contributed by atoms with Crippen LogP contribution in [0.3, 0.4) is 0 Å². The van der Waals surface area contributed by atoms with Crippen LogP contribution < -0.4 is 10.5 Å². The number of nitrogens with two attached hydrogens (primary N) is 1. The second kappa shape index (κ2) is 3.38. The van der Waals surface area contributed by atoms with Gasteiger partial charge in [-0.25, -0.2) is 0 Å². The van der Waals surface area contributed by atoms with Crippen molar-refractivity contribution in [1.82, 2.24) is 0 Å². The quantitative estimate of drug-likeness (QED) is 0.755. The summed E-state index contributed by atoms with van der Waals surface area (Å²) in [5.41, 5.74) is 7.93. The molecule has 72 valence electrons. The van der Waals surface area contributed by atoms with Crippen molar-refractivity contribution in [3.63, 3.8) is 0 Å². The summed E-state index contributed by atoms with van der Waals surface area (Å²) < 4.78 is 5.25. The molecule has 0 unspecified atom stereocenters. The van der Waals surface area contributed by atoms with E-state index in [4.69, 9.17) is 10.5 Å². The van der Waals surface area contributed by atoms with Crippen LogP contribution in [-0.4, -0.2) is 7.11 Å². The van der Waals surface area contributed by atoms with Crippen LogP contribution in [0.25, 0.3) is 0 Å². The van der Waals surface area contributed by atoms with E-state index >= 15 is 0 Å². The predicted molar refractivity (Wildman–Crippen MR) is 54.9 cm³/mol. The molecule has 2 heteroatoms. The molecule has 1 rings (SSSR count).